The van der Waals surface area contributed by atoms with Crippen LogP contribution in [0.25, 0.3) is 0 Å². The molecule has 0 aromatic heterocycles. The van der Waals surface area contributed by atoms with E-state index in [1.165, 1.54) is 0 Å². The number of rotatable bonds is 4. The van der Waals surface area contributed by atoms with Crippen molar-refractivity contribution in [3.8, 4) is 0 Å². The molecule has 0 spiro atoms. The fourth-order valence-electron chi connectivity index (χ4n) is 1.24. The van der Waals surface area contributed by atoms with Crippen LogP contribution in [-0.2, 0) is 4.79 Å². The van der Waals surface area contributed by atoms with Gasteiger partial charge < -0.3 is 5.11 Å². The Morgan fingerprint density at radius 3 is 2.50 bits per heavy atom. The SMILES string of the molecule is C=C[C@@H](CC(=O)O)c1ccc(Cl)cc1. The van der Waals surface area contributed by atoms with Crippen LogP contribution in [0, 0.1) is 0 Å². The van der Waals surface area contributed by atoms with Gasteiger partial charge in [0.2, 0.25) is 0 Å². The summed E-state index contributed by atoms with van der Waals surface area (Å²) in [7, 11) is 0. The van der Waals surface area contributed by atoms with Crippen molar-refractivity contribution in [2.45, 2.75) is 12.3 Å². The Balaban J connectivity index is 2.84. The molecule has 74 valence electrons. The molecule has 0 unspecified atom stereocenters. The standard InChI is InChI=1S/C11H11ClO2/c1-2-8(7-11(13)14)9-3-5-10(12)6-4-9/h2-6,8H,1,7H2,(H,13,14)/t8-/m0/s1. The predicted molar refractivity (Wildman–Crippen MR) is 56.6 cm³/mol. The number of allylic oxidation sites excluding steroid dienone is 1. The Bertz CT molecular complexity index is 330. The smallest absolute Gasteiger partial charge is 0.304 e. The molecule has 0 saturated carbocycles. The van der Waals surface area contributed by atoms with E-state index in [0.717, 1.165) is 5.56 Å². The quantitative estimate of drug-likeness (QED) is 0.776. The maximum Gasteiger partial charge on any atom is 0.304 e. The summed E-state index contributed by atoms with van der Waals surface area (Å²) in [5.74, 6) is -0.977. The molecular formula is C11H11ClO2. The maximum absolute atomic E-state index is 10.5. The lowest BCUT2D eigenvalue weighted by atomic mass is 9.96. The normalized spacial score (nSPS) is 12.1. The van der Waals surface area contributed by atoms with Gasteiger partial charge in [0, 0.05) is 10.9 Å². The van der Waals surface area contributed by atoms with Crippen molar-refractivity contribution in [1.29, 1.82) is 0 Å². The minimum absolute atomic E-state index is 0.0606. The number of halogens is 1. The highest BCUT2D eigenvalue weighted by Crippen LogP contribution is 2.22. The number of carboxylic acids is 1. The predicted octanol–water partition coefficient (Wildman–Crippen LogP) is 3.08. The highest BCUT2D eigenvalue weighted by Gasteiger charge is 2.11. The fourth-order valence-corrected chi connectivity index (χ4v) is 1.36. The first kappa shape index (κ1) is 10.8. The van der Waals surface area contributed by atoms with Gasteiger partial charge in [0.1, 0.15) is 0 Å². The average Bonchev–Trinajstić information content (AvgIpc) is 2.15. The Morgan fingerprint density at radius 1 is 1.50 bits per heavy atom. The van der Waals surface area contributed by atoms with Crippen molar-refractivity contribution in [3.05, 3.63) is 47.5 Å². The minimum Gasteiger partial charge on any atom is -0.481 e. The van der Waals surface area contributed by atoms with Crippen molar-refractivity contribution < 1.29 is 9.90 Å². The Labute approximate surface area is 87.8 Å². The number of aliphatic carboxylic acids is 1. The topological polar surface area (TPSA) is 37.3 Å². The molecule has 0 fully saturated rings. The summed E-state index contributed by atoms with van der Waals surface area (Å²) in [5, 5.41) is 9.30. The van der Waals surface area contributed by atoms with Gasteiger partial charge in [-0.2, -0.15) is 0 Å². The second-order valence-electron chi connectivity index (χ2n) is 2.99. The summed E-state index contributed by atoms with van der Waals surface area (Å²) < 4.78 is 0. The van der Waals surface area contributed by atoms with Crippen molar-refractivity contribution in [2.24, 2.45) is 0 Å². The van der Waals surface area contributed by atoms with Gasteiger partial charge in [0.05, 0.1) is 6.42 Å². The first-order valence-electron chi connectivity index (χ1n) is 4.23. The Hall–Kier alpha value is -1.28. The molecule has 0 aliphatic rings. The first-order chi connectivity index (χ1) is 6.63. The first-order valence-corrected chi connectivity index (χ1v) is 4.61. The number of benzene rings is 1. The van der Waals surface area contributed by atoms with E-state index in [0.29, 0.717) is 5.02 Å². The van der Waals surface area contributed by atoms with Crippen LogP contribution in [0.4, 0.5) is 0 Å². The van der Waals surface area contributed by atoms with Crippen molar-refractivity contribution in [2.75, 3.05) is 0 Å². The molecule has 1 aromatic rings. The molecule has 0 radical (unpaired) electrons. The average molecular weight is 211 g/mol. The summed E-state index contributed by atoms with van der Waals surface area (Å²) in [6.45, 7) is 3.62. The summed E-state index contributed by atoms with van der Waals surface area (Å²) in [4.78, 5) is 10.5. The molecule has 0 bridgehead atoms. The molecule has 0 heterocycles. The minimum atomic E-state index is -0.829. The van der Waals surface area contributed by atoms with Crippen molar-refractivity contribution >= 4 is 17.6 Å². The molecule has 14 heavy (non-hydrogen) atoms. The van der Waals surface area contributed by atoms with E-state index in [1.807, 2.05) is 12.1 Å². The van der Waals surface area contributed by atoms with Crippen LogP contribution in [-0.4, -0.2) is 11.1 Å². The van der Waals surface area contributed by atoms with Gasteiger partial charge in [0.25, 0.3) is 0 Å². The third kappa shape index (κ3) is 2.89. The zero-order valence-corrected chi connectivity index (χ0v) is 8.37. The van der Waals surface area contributed by atoms with Gasteiger partial charge in [-0.3, -0.25) is 4.79 Å². The van der Waals surface area contributed by atoms with E-state index >= 15 is 0 Å². The van der Waals surface area contributed by atoms with Crippen LogP contribution < -0.4 is 0 Å². The van der Waals surface area contributed by atoms with Crippen LogP contribution in [0.1, 0.15) is 17.9 Å². The zero-order valence-electron chi connectivity index (χ0n) is 7.61. The molecule has 3 heteroatoms. The molecule has 1 aromatic carbocycles. The lowest BCUT2D eigenvalue weighted by Crippen LogP contribution is -2.03. The van der Waals surface area contributed by atoms with Gasteiger partial charge in [-0.05, 0) is 17.7 Å². The van der Waals surface area contributed by atoms with E-state index < -0.39 is 5.97 Å². The number of hydrogen-bond acceptors (Lipinski definition) is 1. The Morgan fingerprint density at radius 2 is 2.07 bits per heavy atom. The second-order valence-corrected chi connectivity index (χ2v) is 3.43. The van der Waals surface area contributed by atoms with Crippen LogP contribution in [0.15, 0.2) is 36.9 Å². The fraction of sp³-hybridized carbons (Fsp3) is 0.182. The van der Waals surface area contributed by atoms with Gasteiger partial charge in [-0.25, -0.2) is 0 Å². The summed E-state index contributed by atoms with van der Waals surface area (Å²) in [6.07, 6.45) is 1.70. The van der Waals surface area contributed by atoms with Crippen LogP contribution in [0.3, 0.4) is 0 Å². The number of carbonyl (C=O) groups is 1. The summed E-state index contributed by atoms with van der Waals surface area (Å²) in [5.41, 5.74) is 0.923. The van der Waals surface area contributed by atoms with Crippen LogP contribution in [0.5, 0.6) is 0 Å². The van der Waals surface area contributed by atoms with Crippen LogP contribution in [0.2, 0.25) is 5.02 Å². The lowest BCUT2D eigenvalue weighted by Gasteiger charge is -2.09. The lowest BCUT2D eigenvalue weighted by molar-refractivity contribution is -0.137. The highest BCUT2D eigenvalue weighted by molar-refractivity contribution is 6.30. The van der Waals surface area contributed by atoms with E-state index in [1.54, 1.807) is 18.2 Å². The van der Waals surface area contributed by atoms with Gasteiger partial charge in [0.15, 0.2) is 0 Å². The summed E-state index contributed by atoms with van der Waals surface area (Å²) in [6, 6.07) is 7.12. The Kier molecular flexibility index (Phi) is 3.72. The van der Waals surface area contributed by atoms with E-state index in [9.17, 15) is 4.79 Å². The van der Waals surface area contributed by atoms with Crippen molar-refractivity contribution in [1.82, 2.24) is 0 Å². The zero-order chi connectivity index (χ0) is 10.6. The van der Waals surface area contributed by atoms with E-state index in [-0.39, 0.29) is 12.3 Å². The third-order valence-corrected chi connectivity index (χ3v) is 2.23. The monoisotopic (exact) mass is 210 g/mol. The molecule has 1 rings (SSSR count). The molecular weight excluding hydrogens is 200 g/mol. The molecule has 0 amide bonds. The van der Waals surface area contributed by atoms with E-state index in [4.69, 9.17) is 16.7 Å². The maximum atomic E-state index is 10.5. The van der Waals surface area contributed by atoms with Crippen LogP contribution >= 0.6 is 11.6 Å². The molecule has 0 aliphatic heterocycles. The van der Waals surface area contributed by atoms with Crippen molar-refractivity contribution in [3.63, 3.8) is 0 Å². The second kappa shape index (κ2) is 4.82. The molecule has 1 atom stereocenters. The van der Waals surface area contributed by atoms with Gasteiger partial charge in [-0.15, -0.1) is 6.58 Å². The number of carboxylic acid groups (broad SMARTS) is 1. The van der Waals surface area contributed by atoms with E-state index in [2.05, 4.69) is 6.58 Å². The van der Waals surface area contributed by atoms with Gasteiger partial charge in [-0.1, -0.05) is 29.8 Å². The number of hydrogen-bond donors (Lipinski definition) is 1. The van der Waals surface area contributed by atoms with Gasteiger partial charge >= 0.3 is 5.97 Å². The third-order valence-electron chi connectivity index (χ3n) is 1.98. The molecule has 0 saturated heterocycles. The summed E-state index contributed by atoms with van der Waals surface area (Å²) >= 11 is 5.72. The molecule has 2 nitrogen and oxygen atoms in total. The highest BCUT2D eigenvalue weighted by atomic mass is 35.5. The largest absolute Gasteiger partial charge is 0.481 e. The molecule has 0 aliphatic carbocycles. The molecule has 1 N–H and O–H groups in total.